The lowest BCUT2D eigenvalue weighted by molar-refractivity contribution is 0.0478. The average molecular weight is 348 g/mol. The van der Waals surface area contributed by atoms with Crippen LogP contribution < -0.4 is 0 Å². The molecule has 1 amide bonds. The highest BCUT2D eigenvalue weighted by Gasteiger charge is 2.35. The SMILES string of the molecule is CN1C[C@@H]2COC[C@H](C1)N(C(=O)c1cc3ccc(Cl)cc3n1C)C2. The number of amides is 1. The molecular weight excluding hydrogens is 326 g/mol. The number of carbonyl (C=O) groups is 1. The molecule has 0 radical (unpaired) electrons. The molecule has 2 atom stereocenters. The van der Waals surface area contributed by atoms with Gasteiger partial charge in [-0.3, -0.25) is 4.79 Å². The van der Waals surface area contributed by atoms with Crippen molar-refractivity contribution in [1.29, 1.82) is 0 Å². The van der Waals surface area contributed by atoms with Crippen LogP contribution in [-0.4, -0.2) is 66.2 Å². The number of fused-ring (bicyclic) bond motifs is 4. The van der Waals surface area contributed by atoms with Gasteiger partial charge >= 0.3 is 0 Å². The predicted octanol–water partition coefficient (Wildman–Crippen LogP) is 2.23. The number of nitrogens with zero attached hydrogens (tertiary/aromatic N) is 3. The van der Waals surface area contributed by atoms with Gasteiger partial charge in [0.05, 0.1) is 19.3 Å². The zero-order chi connectivity index (χ0) is 16.8. The highest BCUT2D eigenvalue weighted by molar-refractivity contribution is 6.31. The molecule has 4 rings (SSSR count). The van der Waals surface area contributed by atoms with Crippen molar-refractivity contribution in [2.45, 2.75) is 6.04 Å². The summed E-state index contributed by atoms with van der Waals surface area (Å²) < 4.78 is 7.73. The average Bonchev–Trinajstić information content (AvgIpc) is 2.68. The summed E-state index contributed by atoms with van der Waals surface area (Å²) in [5.74, 6) is 0.455. The van der Waals surface area contributed by atoms with Gasteiger partial charge in [0.15, 0.2) is 0 Å². The van der Waals surface area contributed by atoms with Gasteiger partial charge in [0.2, 0.25) is 0 Å². The van der Waals surface area contributed by atoms with Crippen LogP contribution in [0.3, 0.4) is 0 Å². The molecule has 6 heteroatoms. The van der Waals surface area contributed by atoms with Gasteiger partial charge in [-0.05, 0) is 25.2 Å². The first kappa shape index (κ1) is 15.9. The van der Waals surface area contributed by atoms with Gasteiger partial charge in [0, 0.05) is 48.5 Å². The summed E-state index contributed by atoms with van der Waals surface area (Å²) in [5, 5.41) is 1.72. The maximum atomic E-state index is 13.3. The zero-order valence-corrected chi connectivity index (χ0v) is 14.8. The van der Waals surface area contributed by atoms with E-state index in [-0.39, 0.29) is 11.9 Å². The summed E-state index contributed by atoms with van der Waals surface area (Å²) >= 11 is 6.11. The molecule has 5 nitrogen and oxygen atoms in total. The van der Waals surface area contributed by atoms with E-state index >= 15 is 0 Å². The van der Waals surface area contributed by atoms with E-state index in [1.54, 1.807) is 0 Å². The number of carbonyl (C=O) groups excluding carboxylic acids is 1. The number of aryl methyl sites for hydroxylation is 1. The quantitative estimate of drug-likeness (QED) is 0.794. The van der Waals surface area contributed by atoms with E-state index < -0.39 is 0 Å². The highest BCUT2D eigenvalue weighted by atomic mass is 35.5. The molecule has 128 valence electrons. The molecule has 2 aliphatic heterocycles. The Morgan fingerprint density at radius 3 is 2.83 bits per heavy atom. The number of halogens is 1. The Hall–Kier alpha value is -1.56. The Morgan fingerprint density at radius 1 is 1.17 bits per heavy atom. The molecule has 2 fully saturated rings. The van der Waals surface area contributed by atoms with Crippen molar-refractivity contribution in [2.24, 2.45) is 13.0 Å². The molecule has 0 aliphatic carbocycles. The van der Waals surface area contributed by atoms with Crippen LogP contribution in [0.5, 0.6) is 0 Å². The number of likely N-dealkylation sites (N-methyl/N-ethyl adjacent to an activating group) is 1. The molecule has 2 saturated heterocycles. The summed E-state index contributed by atoms with van der Waals surface area (Å²) in [6.45, 7) is 3.94. The second kappa shape index (κ2) is 6.06. The summed E-state index contributed by atoms with van der Waals surface area (Å²) in [6.07, 6.45) is 0. The van der Waals surface area contributed by atoms with Crippen molar-refractivity contribution in [3.05, 3.63) is 35.0 Å². The van der Waals surface area contributed by atoms with E-state index in [9.17, 15) is 4.79 Å². The maximum absolute atomic E-state index is 13.3. The third kappa shape index (κ3) is 2.70. The summed E-state index contributed by atoms with van der Waals surface area (Å²) in [6, 6.07) is 7.81. The lowest BCUT2D eigenvalue weighted by atomic mass is 10.1. The minimum Gasteiger partial charge on any atom is -0.379 e. The smallest absolute Gasteiger partial charge is 0.270 e. The topological polar surface area (TPSA) is 37.7 Å². The van der Waals surface area contributed by atoms with Crippen molar-refractivity contribution in [3.63, 3.8) is 0 Å². The van der Waals surface area contributed by atoms with E-state index in [0.717, 1.165) is 37.1 Å². The van der Waals surface area contributed by atoms with Crippen molar-refractivity contribution < 1.29 is 9.53 Å². The number of benzene rings is 1. The third-order valence-corrected chi connectivity index (χ3v) is 5.37. The number of hydrogen-bond donors (Lipinski definition) is 0. The van der Waals surface area contributed by atoms with Crippen LogP contribution in [0.15, 0.2) is 24.3 Å². The molecule has 2 aliphatic rings. The van der Waals surface area contributed by atoms with Gasteiger partial charge < -0.3 is 19.1 Å². The molecule has 0 saturated carbocycles. The molecule has 1 aromatic carbocycles. The Labute approximate surface area is 146 Å². The Morgan fingerprint density at radius 2 is 2.00 bits per heavy atom. The van der Waals surface area contributed by atoms with Crippen LogP contribution >= 0.6 is 11.6 Å². The third-order valence-electron chi connectivity index (χ3n) is 5.14. The first-order chi connectivity index (χ1) is 11.5. The van der Waals surface area contributed by atoms with Crippen LogP contribution in [0.4, 0.5) is 0 Å². The predicted molar refractivity (Wildman–Crippen MR) is 94.6 cm³/mol. The van der Waals surface area contributed by atoms with Crippen molar-refractivity contribution in [3.8, 4) is 0 Å². The van der Waals surface area contributed by atoms with Crippen molar-refractivity contribution in [2.75, 3.05) is 39.9 Å². The van der Waals surface area contributed by atoms with Crippen LogP contribution in [0.25, 0.3) is 10.9 Å². The van der Waals surface area contributed by atoms with E-state index in [0.29, 0.717) is 23.2 Å². The van der Waals surface area contributed by atoms with Gasteiger partial charge in [0.25, 0.3) is 5.91 Å². The largest absolute Gasteiger partial charge is 0.379 e. The zero-order valence-electron chi connectivity index (χ0n) is 14.0. The molecular formula is C18H22ClN3O2. The lowest BCUT2D eigenvalue weighted by Crippen LogP contribution is -2.46. The van der Waals surface area contributed by atoms with E-state index in [2.05, 4.69) is 11.9 Å². The first-order valence-electron chi connectivity index (χ1n) is 8.35. The molecule has 3 heterocycles. The van der Waals surface area contributed by atoms with Crippen molar-refractivity contribution in [1.82, 2.24) is 14.4 Å². The lowest BCUT2D eigenvalue weighted by Gasteiger charge is -2.29. The fourth-order valence-corrected chi connectivity index (χ4v) is 4.15. The van der Waals surface area contributed by atoms with E-state index in [4.69, 9.17) is 16.3 Å². The fourth-order valence-electron chi connectivity index (χ4n) is 3.98. The Bertz CT molecular complexity index is 788. The van der Waals surface area contributed by atoms with Gasteiger partial charge in [-0.15, -0.1) is 0 Å². The highest BCUT2D eigenvalue weighted by Crippen LogP contribution is 2.26. The van der Waals surface area contributed by atoms with Crippen LogP contribution in [0.1, 0.15) is 10.5 Å². The monoisotopic (exact) mass is 347 g/mol. The Balaban J connectivity index is 1.71. The van der Waals surface area contributed by atoms with Crippen LogP contribution in [-0.2, 0) is 11.8 Å². The van der Waals surface area contributed by atoms with Crippen molar-refractivity contribution >= 4 is 28.4 Å². The van der Waals surface area contributed by atoms with E-state index in [1.165, 1.54) is 0 Å². The van der Waals surface area contributed by atoms with Gasteiger partial charge in [-0.25, -0.2) is 0 Å². The van der Waals surface area contributed by atoms with E-state index in [1.807, 2.05) is 40.8 Å². The summed E-state index contributed by atoms with van der Waals surface area (Å²) in [7, 11) is 4.05. The molecule has 0 N–H and O–H groups in total. The molecule has 0 spiro atoms. The summed E-state index contributed by atoms with van der Waals surface area (Å²) in [4.78, 5) is 17.6. The fraction of sp³-hybridized carbons (Fsp3) is 0.500. The van der Waals surface area contributed by atoms with Gasteiger partial charge in [-0.1, -0.05) is 17.7 Å². The number of ether oxygens (including phenoxy) is 1. The maximum Gasteiger partial charge on any atom is 0.270 e. The standard InChI is InChI=1S/C18H22ClN3O2/c1-20-7-12-8-22(15(9-20)11-24-10-12)18(23)17-5-13-3-4-14(19)6-16(13)21(17)2/h3-6,12,15H,7-11H2,1-2H3/t12-,15-/m0/s1. The minimum atomic E-state index is 0.0839. The molecule has 0 unspecified atom stereocenters. The minimum absolute atomic E-state index is 0.0839. The van der Waals surface area contributed by atoms with Crippen LogP contribution in [0.2, 0.25) is 5.02 Å². The first-order valence-corrected chi connectivity index (χ1v) is 8.73. The molecule has 1 aromatic heterocycles. The van der Waals surface area contributed by atoms with Crippen LogP contribution in [0, 0.1) is 5.92 Å². The number of aromatic nitrogens is 1. The van der Waals surface area contributed by atoms with Gasteiger partial charge in [0.1, 0.15) is 5.69 Å². The molecule has 2 aromatic rings. The number of hydrogen-bond acceptors (Lipinski definition) is 3. The number of rotatable bonds is 1. The second-order valence-electron chi connectivity index (χ2n) is 7.03. The van der Waals surface area contributed by atoms with Gasteiger partial charge in [-0.2, -0.15) is 0 Å². The Kier molecular flexibility index (Phi) is 4.03. The second-order valence-corrected chi connectivity index (χ2v) is 7.46. The molecule has 2 bridgehead atoms. The molecule has 24 heavy (non-hydrogen) atoms. The normalized spacial score (nSPS) is 25.0. The summed E-state index contributed by atoms with van der Waals surface area (Å²) in [5.41, 5.74) is 1.69.